The minimum atomic E-state index is 0. The monoisotopic (exact) mass is 293 g/mol. The van der Waals surface area contributed by atoms with Crippen molar-refractivity contribution >= 4 is 42.9 Å². The lowest BCUT2D eigenvalue weighted by molar-refractivity contribution is 1.06. The summed E-state index contributed by atoms with van der Waals surface area (Å²) in [7, 11) is 0. The van der Waals surface area contributed by atoms with Gasteiger partial charge < -0.3 is 5.73 Å². The standard InChI is InChI=1S/C11H11N3.3ClH/c1-8-13-6-5-11(14-8)9-3-2-4-10(12)7-9;;;/h2-7H,12H2,1H3;3*1H. The second-order valence-electron chi connectivity index (χ2n) is 3.11. The Kier molecular flexibility index (Phi) is 8.76. The Hall–Kier alpha value is -1.03. The minimum Gasteiger partial charge on any atom is -0.399 e. The number of nitrogens with two attached hydrogens (primary N) is 1. The van der Waals surface area contributed by atoms with Crippen LogP contribution in [0.2, 0.25) is 0 Å². The zero-order valence-corrected chi connectivity index (χ0v) is 11.6. The van der Waals surface area contributed by atoms with Gasteiger partial charge in [0.2, 0.25) is 0 Å². The van der Waals surface area contributed by atoms with E-state index < -0.39 is 0 Å². The van der Waals surface area contributed by atoms with Crippen LogP contribution < -0.4 is 5.73 Å². The Morgan fingerprint density at radius 1 is 1.06 bits per heavy atom. The molecule has 94 valence electrons. The van der Waals surface area contributed by atoms with E-state index in [0.29, 0.717) is 0 Å². The quantitative estimate of drug-likeness (QED) is 0.821. The number of rotatable bonds is 1. The number of nitrogens with zero attached hydrogens (tertiary/aromatic N) is 2. The minimum absolute atomic E-state index is 0. The number of anilines is 1. The summed E-state index contributed by atoms with van der Waals surface area (Å²) in [6.07, 6.45) is 1.75. The van der Waals surface area contributed by atoms with Crippen LogP contribution in [-0.2, 0) is 0 Å². The van der Waals surface area contributed by atoms with E-state index in [-0.39, 0.29) is 37.2 Å². The van der Waals surface area contributed by atoms with E-state index in [1.165, 1.54) is 0 Å². The molecule has 2 N–H and O–H groups in total. The molecule has 2 rings (SSSR count). The van der Waals surface area contributed by atoms with Gasteiger partial charge in [0, 0.05) is 17.4 Å². The van der Waals surface area contributed by atoms with Crippen LogP contribution in [0.1, 0.15) is 5.82 Å². The molecular formula is C11H14Cl3N3. The molecule has 0 saturated carbocycles. The van der Waals surface area contributed by atoms with Crippen molar-refractivity contribution in [1.29, 1.82) is 0 Å². The molecule has 17 heavy (non-hydrogen) atoms. The summed E-state index contributed by atoms with van der Waals surface area (Å²) in [4.78, 5) is 8.36. The van der Waals surface area contributed by atoms with E-state index in [1.807, 2.05) is 37.3 Å². The molecule has 0 amide bonds. The normalized spacial score (nSPS) is 8.29. The van der Waals surface area contributed by atoms with Crippen molar-refractivity contribution in [2.45, 2.75) is 6.92 Å². The van der Waals surface area contributed by atoms with Crippen LogP contribution >= 0.6 is 37.2 Å². The molecule has 0 atom stereocenters. The number of hydrogen-bond donors (Lipinski definition) is 1. The van der Waals surface area contributed by atoms with Gasteiger partial charge in [-0.05, 0) is 25.1 Å². The van der Waals surface area contributed by atoms with E-state index in [9.17, 15) is 0 Å². The summed E-state index contributed by atoms with van der Waals surface area (Å²) >= 11 is 0. The Balaban J connectivity index is 0. The number of aryl methyl sites for hydroxylation is 1. The van der Waals surface area contributed by atoms with Gasteiger partial charge in [0.15, 0.2) is 0 Å². The smallest absolute Gasteiger partial charge is 0.125 e. The lowest BCUT2D eigenvalue weighted by Gasteiger charge is -2.01. The first kappa shape index (κ1) is 18.3. The molecule has 0 saturated heterocycles. The van der Waals surface area contributed by atoms with E-state index in [1.54, 1.807) is 6.20 Å². The summed E-state index contributed by atoms with van der Waals surface area (Å²) in [5, 5.41) is 0. The molecule has 1 aromatic heterocycles. The molecule has 1 heterocycles. The fourth-order valence-corrected chi connectivity index (χ4v) is 1.31. The first-order chi connectivity index (χ1) is 6.75. The summed E-state index contributed by atoms with van der Waals surface area (Å²) in [5.74, 6) is 0.768. The predicted molar refractivity (Wildman–Crippen MR) is 78.4 cm³/mol. The zero-order valence-electron chi connectivity index (χ0n) is 9.16. The third-order valence-corrected chi connectivity index (χ3v) is 1.96. The fourth-order valence-electron chi connectivity index (χ4n) is 1.31. The lowest BCUT2D eigenvalue weighted by Crippen LogP contribution is -1.91. The Morgan fingerprint density at radius 2 is 1.76 bits per heavy atom. The van der Waals surface area contributed by atoms with Crippen LogP contribution in [-0.4, -0.2) is 9.97 Å². The van der Waals surface area contributed by atoms with Crippen molar-refractivity contribution in [2.24, 2.45) is 0 Å². The molecule has 6 heteroatoms. The van der Waals surface area contributed by atoms with Crippen molar-refractivity contribution in [3.05, 3.63) is 42.4 Å². The maximum absolute atomic E-state index is 5.69. The molecule has 0 bridgehead atoms. The number of benzene rings is 1. The van der Waals surface area contributed by atoms with E-state index in [2.05, 4.69) is 9.97 Å². The zero-order chi connectivity index (χ0) is 9.97. The average Bonchev–Trinajstić information content (AvgIpc) is 2.18. The van der Waals surface area contributed by atoms with Crippen LogP contribution in [0.4, 0.5) is 5.69 Å². The SMILES string of the molecule is Cc1nccc(-c2cccc(N)c2)n1.Cl.Cl.Cl. The van der Waals surface area contributed by atoms with Crippen molar-refractivity contribution in [1.82, 2.24) is 9.97 Å². The molecule has 0 fully saturated rings. The molecule has 3 nitrogen and oxygen atoms in total. The van der Waals surface area contributed by atoms with E-state index >= 15 is 0 Å². The summed E-state index contributed by atoms with van der Waals surface area (Å²) in [6.45, 7) is 1.87. The highest BCUT2D eigenvalue weighted by Crippen LogP contribution is 2.18. The van der Waals surface area contributed by atoms with Crippen LogP contribution in [0.5, 0.6) is 0 Å². The second kappa shape index (κ2) is 8.12. The Bertz CT molecular complexity index is 420. The average molecular weight is 295 g/mol. The van der Waals surface area contributed by atoms with Crippen LogP contribution in [0, 0.1) is 6.92 Å². The third-order valence-electron chi connectivity index (χ3n) is 1.96. The Morgan fingerprint density at radius 3 is 2.35 bits per heavy atom. The molecule has 1 aromatic carbocycles. The van der Waals surface area contributed by atoms with Gasteiger partial charge in [-0.15, -0.1) is 37.2 Å². The summed E-state index contributed by atoms with van der Waals surface area (Å²) < 4.78 is 0. The Labute approximate surface area is 119 Å². The van der Waals surface area contributed by atoms with Crippen LogP contribution in [0.15, 0.2) is 36.5 Å². The highest BCUT2D eigenvalue weighted by atomic mass is 35.5. The van der Waals surface area contributed by atoms with Crippen molar-refractivity contribution in [3.8, 4) is 11.3 Å². The van der Waals surface area contributed by atoms with Gasteiger partial charge in [0.1, 0.15) is 5.82 Å². The van der Waals surface area contributed by atoms with Gasteiger partial charge >= 0.3 is 0 Å². The van der Waals surface area contributed by atoms with Gasteiger partial charge in [0.05, 0.1) is 5.69 Å². The van der Waals surface area contributed by atoms with Gasteiger partial charge in [-0.3, -0.25) is 0 Å². The topological polar surface area (TPSA) is 51.8 Å². The van der Waals surface area contributed by atoms with Crippen molar-refractivity contribution < 1.29 is 0 Å². The number of halogens is 3. The number of nitrogen functional groups attached to an aromatic ring is 1. The van der Waals surface area contributed by atoms with Crippen LogP contribution in [0.25, 0.3) is 11.3 Å². The highest BCUT2D eigenvalue weighted by Gasteiger charge is 1.99. The highest BCUT2D eigenvalue weighted by molar-refractivity contribution is 5.86. The van der Waals surface area contributed by atoms with Gasteiger partial charge in [-0.2, -0.15) is 0 Å². The first-order valence-electron chi connectivity index (χ1n) is 4.41. The largest absolute Gasteiger partial charge is 0.399 e. The third kappa shape index (κ3) is 4.77. The molecular weight excluding hydrogens is 281 g/mol. The summed E-state index contributed by atoms with van der Waals surface area (Å²) in [5.41, 5.74) is 8.37. The molecule has 0 unspecified atom stereocenters. The molecule has 2 aromatic rings. The second-order valence-corrected chi connectivity index (χ2v) is 3.11. The van der Waals surface area contributed by atoms with Crippen molar-refractivity contribution in [2.75, 3.05) is 5.73 Å². The van der Waals surface area contributed by atoms with Crippen molar-refractivity contribution in [3.63, 3.8) is 0 Å². The number of hydrogen-bond acceptors (Lipinski definition) is 3. The molecule has 0 radical (unpaired) electrons. The maximum Gasteiger partial charge on any atom is 0.125 e. The molecule has 0 spiro atoms. The molecule has 0 aliphatic rings. The fraction of sp³-hybridized carbons (Fsp3) is 0.0909. The lowest BCUT2D eigenvalue weighted by atomic mass is 10.1. The van der Waals surface area contributed by atoms with E-state index in [0.717, 1.165) is 22.8 Å². The van der Waals surface area contributed by atoms with Gasteiger partial charge in [-0.1, -0.05) is 12.1 Å². The van der Waals surface area contributed by atoms with Gasteiger partial charge in [0.25, 0.3) is 0 Å². The molecule has 0 aliphatic carbocycles. The number of aromatic nitrogens is 2. The molecule has 0 aliphatic heterocycles. The van der Waals surface area contributed by atoms with Gasteiger partial charge in [-0.25, -0.2) is 9.97 Å². The maximum atomic E-state index is 5.69. The van der Waals surface area contributed by atoms with E-state index in [4.69, 9.17) is 5.73 Å². The first-order valence-corrected chi connectivity index (χ1v) is 4.41. The van der Waals surface area contributed by atoms with Crippen LogP contribution in [0.3, 0.4) is 0 Å². The summed E-state index contributed by atoms with van der Waals surface area (Å²) in [6, 6.07) is 9.54. The predicted octanol–water partition coefficient (Wildman–Crippen LogP) is 3.30.